The van der Waals surface area contributed by atoms with E-state index in [2.05, 4.69) is 5.32 Å². The van der Waals surface area contributed by atoms with E-state index in [1.165, 1.54) is 6.07 Å². The van der Waals surface area contributed by atoms with Crippen LogP contribution >= 0.6 is 0 Å². The van der Waals surface area contributed by atoms with Gasteiger partial charge in [-0.15, -0.1) is 0 Å². The molecular weight excluding hydrogens is 309 g/mol. The second-order valence-electron chi connectivity index (χ2n) is 6.27. The van der Waals surface area contributed by atoms with Crippen LogP contribution in [0.2, 0.25) is 0 Å². The van der Waals surface area contributed by atoms with Gasteiger partial charge in [-0.3, -0.25) is 4.79 Å². The second kappa shape index (κ2) is 7.62. The predicted molar refractivity (Wildman–Crippen MR) is 88.8 cm³/mol. The maximum atomic E-state index is 13.8. The molecule has 0 bridgehead atoms. The molecule has 1 heterocycles. The molecule has 1 amide bonds. The Morgan fingerprint density at radius 1 is 1.29 bits per heavy atom. The number of hydrogen-bond donors (Lipinski definition) is 2. The summed E-state index contributed by atoms with van der Waals surface area (Å²) in [5.74, 6) is 1.28. The van der Waals surface area contributed by atoms with Gasteiger partial charge in [0, 0.05) is 25.5 Å². The molecule has 2 aromatic rings. The molecule has 1 aliphatic carbocycles. The Morgan fingerprint density at radius 3 is 2.79 bits per heavy atom. The van der Waals surface area contributed by atoms with E-state index in [9.17, 15) is 9.18 Å². The minimum atomic E-state index is -0.326. The third kappa shape index (κ3) is 4.23. The third-order valence-corrected chi connectivity index (χ3v) is 4.38. The van der Waals surface area contributed by atoms with Gasteiger partial charge in [0.15, 0.2) is 0 Å². The standard InChI is InChI=1S/C19H22FNO3/c20-16-4-2-1-3-15(16)18-9-7-14(24-18)8-10-19(23)21-17(11-12-22)13-5-6-13/h1-4,7,9,13,17,22H,5-6,8,10-12H2,(H,21,23). The molecule has 0 radical (unpaired) electrons. The Labute approximate surface area is 140 Å². The lowest BCUT2D eigenvalue weighted by Gasteiger charge is -2.16. The van der Waals surface area contributed by atoms with Crippen molar-refractivity contribution < 1.29 is 18.7 Å². The number of aliphatic hydroxyl groups excluding tert-OH is 1. The zero-order chi connectivity index (χ0) is 16.9. The molecule has 3 rings (SSSR count). The highest BCUT2D eigenvalue weighted by atomic mass is 19.1. The number of nitrogens with one attached hydrogen (secondary N) is 1. The molecule has 1 atom stereocenters. The first-order valence-corrected chi connectivity index (χ1v) is 8.41. The normalized spacial score (nSPS) is 15.2. The van der Waals surface area contributed by atoms with Gasteiger partial charge in [0.25, 0.3) is 0 Å². The molecule has 1 aliphatic rings. The lowest BCUT2D eigenvalue weighted by atomic mass is 10.1. The number of benzene rings is 1. The number of hydrogen-bond acceptors (Lipinski definition) is 3. The van der Waals surface area contributed by atoms with Crippen molar-refractivity contribution in [3.63, 3.8) is 0 Å². The molecule has 1 aromatic carbocycles. The Bertz CT molecular complexity index is 693. The summed E-state index contributed by atoms with van der Waals surface area (Å²) in [4.78, 5) is 12.1. The molecule has 1 saturated carbocycles. The summed E-state index contributed by atoms with van der Waals surface area (Å²) >= 11 is 0. The highest BCUT2D eigenvalue weighted by molar-refractivity contribution is 5.76. The van der Waals surface area contributed by atoms with E-state index >= 15 is 0 Å². The van der Waals surface area contributed by atoms with Crippen LogP contribution in [0.3, 0.4) is 0 Å². The number of carbonyl (C=O) groups excluding carboxylic acids is 1. The van der Waals surface area contributed by atoms with Gasteiger partial charge in [-0.25, -0.2) is 4.39 Å². The molecule has 0 aliphatic heterocycles. The molecule has 5 heteroatoms. The summed E-state index contributed by atoms with van der Waals surface area (Å²) in [6.07, 6.45) is 3.63. The van der Waals surface area contributed by atoms with Gasteiger partial charge in [0.1, 0.15) is 17.3 Å². The van der Waals surface area contributed by atoms with Gasteiger partial charge >= 0.3 is 0 Å². The Morgan fingerprint density at radius 2 is 2.08 bits per heavy atom. The smallest absolute Gasteiger partial charge is 0.220 e. The monoisotopic (exact) mass is 331 g/mol. The van der Waals surface area contributed by atoms with Crippen molar-refractivity contribution in [1.29, 1.82) is 0 Å². The van der Waals surface area contributed by atoms with Gasteiger partial charge in [-0.1, -0.05) is 12.1 Å². The van der Waals surface area contributed by atoms with Crippen LogP contribution in [0.4, 0.5) is 4.39 Å². The Kier molecular flexibility index (Phi) is 5.30. The fraction of sp³-hybridized carbons (Fsp3) is 0.421. The molecule has 4 nitrogen and oxygen atoms in total. The van der Waals surface area contributed by atoms with Gasteiger partial charge in [-0.2, -0.15) is 0 Å². The number of aryl methyl sites for hydroxylation is 1. The number of furan rings is 1. The topological polar surface area (TPSA) is 62.5 Å². The lowest BCUT2D eigenvalue weighted by Crippen LogP contribution is -2.37. The average molecular weight is 331 g/mol. The first-order valence-electron chi connectivity index (χ1n) is 8.41. The minimum absolute atomic E-state index is 0.0378. The Balaban J connectivity index is 1.53. The zero-order valence-corrected chi connectivity index (χ0v) is 13.5. The molecule has 0 saturated heterocycles. The third-order valence-electron chi connectivity index (χ3n) is 4.38. The average Bonchev–Trinajstić information content (AvgIpc) is 3.32. The summed E-state index contributed by atoms with van der Waals surface area (Å²) in [6.45, 7) is 0.0889. The highest BCUT2D eigenvalue weighted by Crippen LogP contribution is 2.34. The van der Waals surface area contributed by atoms with Crippen molar-refractivity contribution in [3.05, 3.63) is 48.0 Å². The first-order chi connectivity index (χ1) is 11.7. The lowest BCUT2D eigenvalue weighted by molar-refractivity contribution is -0.122. The van der Waals surface area contributed by atoms with Gasteiger partial charge in [0.05, 0.1) is 5.56 Å². The zero-order valence-electron chi connectivity index (χ0n) is 13.5. The summed E-state index contributed by atoms with van der Waals surface area (Å²) in [5, 5.41) is 12.1. The van der Waals surface area contributed by atoms with Crippen LogP contribution in [0.15, 0.2) is 40.8 Å². The van der Waals surface area contributed by atoms with Crippen molar-refractivity contribution in [3.8, 4) is 11.3 Å². The molecule has 1 aromatic heterocycles. The molecular formula is C19H22FNO3. The van der Waals surface area contributed by atoms with E-state index in [1.807, 2.05) is 0 Å². The van der Waals surface area contributed by atoms with Crippen molar-refractivity contribution >= 4 is 5.91 Å². The number of aliphatic hydroxyl groups is 1. The number of carbonyl (C=O) groups is 1. The van der Waals surface area contributed by atoms with Crippen LogP contribution < -0.4 is 5.32 Å². The van der Waals surface area contributed by atoms with E-state index in [4.69, 9.17) is 9.52 Å². The van der Waals surface area contributed by atoms with Crippen LogP contribution in [0.5, 0.6) is 0 Å². The van der Waals surface area contributed by atoms with Crippen LogP contribution in [-0.2, 0) is 11.2 Å². The van der Waals surface area contributed by atoms with Gasteiger partial charge in [0.2, 0.25) is 5.91 Å². The van der Waals surface area contributed by atoms with Crippen molar-refractivity contribution in [2.45, 2.75) is 38.1 Å². The van der Waals surface area contributed by atoms with Gasteiger partial charge in [-0.05, 0) is 49.4 Å². The van der Waals surface area contributed by atoms with E-state index < -0.39 is 0 Å². The van der Waals surface area contributed by atoms with Crippen LogP contribution in [0.1, 0.15) is 31.4 Å². The summed E-state index contributed by atoms with van der Waals surface area (Å²) in [6, 6.07) is 10.0. The molecule has 1 unspecified atom stereocenters. The Hall–Kier alpha value is -2.14. The summed E-state index contributed by atoms with van der Waals surface area (Å²) < 4.78 is 19.4. The van der Waals surface area contributed by atoms with Crippen LogP contribution in [-0.4, -0.2) is 23.7 Å². The molecule has 0 spiro atoms. The van der Waals surface area contributed by atoms with E-state index in [-0.39, 0.29) is 24.4 Å². The first kappa shape index (κ1) is 16.7. The fourth-order valence-corrected chi connectivity index (χ4v) is 2.90. The minimum Gasteiger partial charge on any atom is -0.461 e. The number of halogens is 1. The molecule has 2 N–H and O–H groups in total. The van der Waals surface area contributed by atoms with E-state index in [0.717, 1.165) is 12.8 Å². The molecule has 1 fully saturated rings. The second-order valence-corrected chi connectivity index (χ2v) is 6.27. The molecule has 24 heavy (non-hydrogen) atoms. The maximum absolute atomic E-state index is 13.8. The highest BCUT2D eigenvalue weighted by Gasteiger charge is 2.31. The van der Waals surface area contributed by atoms with E-state index in [1.54, 1.807) is 30.3 Å². The van der Waals surface area contributed by atoms with E-state index in [0.29, 0.717) is 42.3 Å². The van der Waals surface area contributed by atoms with Crippen LogP contribution in [0.25, 0.3) is 11.3 Å². The SMILES string of the molecule is O=C(CCc1ccc(-c2ccccc2F)o1)NC(CCO)C1CC1. The fourth-order valence-electron chi connectivity index (χ4n) is 2.90. The largest absolute Gasteiger partial charge is 0.461 e. The summed E-state index contributed by atoms with van der Waals surface area (Å²) in [7, 11) is 0. The predicted octanol–water partition coefficient (Wildman–Crippen LogP) is 3.30. The van der Waals surface area contributed by atoms with Crippen molar-refractivity contribution in [2.75, 3.05) is 6.61 Å². The van der Waals surface area contributed by atoms with Crippen LogP contribution in [0, 0.1) is 11.7 Å². The quantitative estimate of drug-likeness (QED) is 0.780. The summed E-state index contributed by atoms with van der Waals surface area (Å²) in [5.41, 5.74) is 0.421. The van der Waals surface area contributed by atoms with Crippen molar-refractivity contribution in [2.24, 2.45) is 5.92 Å². The van der Waals surface area contributed by atoms with Crippen molar-refractivity contribution in [1.82, 2.24) is 5.32 Å². The number of rotatable bonds is 8. The molecule has 128 valence electrons. The maximum Gasteiger partial charge on any atom is 0.220 e. The number of amides is 1. The van der Waals surface area contributed by atoms with Gasteiger partial charge < -0.3 is 14.8 Å².